The predicted molar refractivity (Wildman–Crippen MR) is 51.1 cm³/mol. The van der Waals surface area contributed by atoms with E-state index in [9.17, 15) is 0 Å². The first-order valence-electron chi connectivity index (χ1n) is 3.43. The molecule has 0 fully saturated rings. The molecule has 0 N–H and O–H groups in total. The van der Waals surface area contributed by atoms with E-state index in [0.717, 1.165) is 10.7 Å². The minimum atomic E-state index is 0.570. The quantitative estimate of drug-likeness (QED) is 0.648. The van der Waals surface area contributed by atoms with Crippen LogP contribution in [-0.4, -0.2) is 4.98 Å². The van der Waals surface area contributed by atoms with Crippen molar-refractivity contribution in [1.29, 1.82) is 0 Å². The van der Waals surface area contributed by atoms with E-state index in [4.69, 9.17) is 11.6 Å². The smallest absolute Gasteiger partial charge is 0.116 e. The molecule has 0 saturated carbocycles. The topological polar surface area (TPSA) is 12.9 Å². The van der Waals surface area contributed by atoms with Gasteiger partial charge in [-0.3, -0.25) is 0 Å². The van der Waals surface area contributed by atoms with E-state index in [1.165, 1.54) is 4.88 Å². The van der Waals surface area contributed by atoms with Crippen molar-refractivity contribution in [2.24, 2.45) is 0 Å². The highest BCUT2D eigenvalue weighted by molar-refractivity contribution is 7.12. The molecule has 0 aliphatic heterocycles. The zero-order valence-electron chi connectivity index (χ0n) is 6.60. The molecule has 0 spiro atoms. The van der Waals surface area contributed by atoms with Crippen LogP contribution in [0.25, 0.3) is 6.08 Å². The zero-order valence-corrected chi connectivity index (χ0v) is 8.17. The van der Waals surface area contributed by atoms with Crippen LogP contribution in [0.3, 0.4) is 0 Å². The number of rotatable bonds is 2. The third-order valence-corrected chi connectivity index (χ3v) is 2.89. The van der Waals surface area contributed by atoms with E-state index in [0.29, 0.717) is 5.88 Å². The van der Waals surface area contributed by atoms with Crippen LogP contribution in [0.1, 0.15) is 22.5 Å². The molecule has 1 aromatic heterocycles. The monoisotopic (exact) mass is 187 g/mol. The van der Waals surface area contributed by atoms with Crippen LogP contribution >= 0.6 is 22.9 Å². The Morgan fingerprint density at radius 3 is 2.82 bits per heavy atom. The number of hydrogen-bond acceptors (Lipinski definition) is 2. The van der Waals surface area contributed by atoms with E-state index in [2.05, 4.69) is 4.98 Å². The van der Waals surface area contributed by atoms with Crippen molar-refractivity contribution in [2.45, 2.75) is 19.7 Å². The summed E-state index contributed by atoms with van der Waals surface area (Å²) in [5.74, 6) is 0.570. The largest absolute Gasteiger partial charge is 0.242 e. The highest BCUT2D eigenvalue weighted by Crippen LogP contribution is 2.20. The molecule has 0 radical (unpaired) electrons. The molecule has 1 rings (SSSR count). The van der Waals surface area contributed by atoms with Gasteiger partial charge in [0, 0.05) is 4.88 Å². The Hall–Kier alpha value is -0.340. The highest BCUT2D eigenvalue weighted by atomic mass is 35.5. The van der Waals surface area contributed by atoms with Crippen molar-refractivity contribution in [1.82, 2.24) is 4.98 Å². The lowest BCUT2D eigenvalue weighted by molar-refractivity contribution is 1.21. The van der Waals surface area contributed by atoms with Crippen molar-refractivity contribution < 1.29 is 0 Å². The minimum absolute atomic E-state index is 0.570. The molecule has 0 aromatic carbocycles. The Bertz CT molecular complexity index is 265. The van der Waals surface area contributed by atoms with Crippen LogP contribution in [-0.2, 0) is 5.88 Å². The molecule has 3 heteroatoms. The van der Waals surface area contributed by atoms with Gasteiger partial charge in [-0.15, -0.1) is 22.9 Å². The van der Waals surface area contributed by atoms with E-state index in [1.54, 1.807) is 11.3 Å². The van der Waals surface area contributed by atoms with Crippen molar-refractivity contribution in [3.05, 3.63) is 21.7 Å². The number of aryl methyl sites for hydroxylation is 1. The summed E-state index contributed by atoms with van der Waals surface area (Å²) in [5, 5.41) is 1.04. The van der Waals surface area contributed by atoms with E-state index in [1.807, 2.05) is 26.0 Å². The molecule has 1 nitrogen and oxygen atoms in total. The van der Waals surface area contributed by atoms with E-state index >= 15 is 0 Å². The van der Waals surface area contributed by atoms with Crippen molar-refractivity contribution in [3.63, 3.8) is 0 Å². The highest BCUT2D eigenvalue weighted by Gasteiger charge is 2.02. The summed E-state index contributed by atoms with van der Waals surface area (Å²) >= 11 is 7.35. The van der Waals surface area contributed by atoms with Crippen LogP contribution in [0, 0.1) is 6.92 Å². The Labute approximate surface area is 75.7 Å². The molecule has 60 valence electrons. The second-order valence-corrected chi connectivity index (χ2v) is 3.58. The van der Waals surface area contributed by atoms with Gasteiger partial charge in [0.1, 0.15) is 5.01 Å². The Kier molecular flexibility index (Phi) is 3.09. The summed E-state index contributed by atoms with van der Waals surface area (Å²) < 4.78 is 0. The van der Waals surface area contributed by atoms with Gasteiger partial charge in [0.2, 0.25) is 0 Å². The Morgan fingerprint density at radius 2 is 2.36 bits per heavy atom. The van der Waals surface area contributed by atoms with Gasteiger partial charge in [-0.2, -0.15) is 0 Å². The van der Waals surface area contributed by atoms with Gasteiger partial charge in [0.15, 0.2) is 0 Å². The summed E-state index contributed by atoms with van der Waals surface area (Å²) in [7, 11) is 0. The molecule has 1 aromatic rings. The van der Waals surface area contributed by atoms with Crippen LogP contribution < -0.4 is 0 Å². The average molecular weight is 188 g/mol. The number of alkyl halides is 1. The van der Waals surface area contributed by atoms with Crippen molar-refractivity contribution >= 4 is 29.0 Å². The molecular weight excluding hydrogens is 178 g/mol. The molecule has 0 amide bonds. The van der Waals surface area contributed by atoms with E-state index < -0.39 is 0 Å². The summed E-state index contributed by atoms with van der Waals surface area (Å²) in [6, 6.07) is 0. The third-order valence-electron chi connectivity index (χ3n) is 1.34. The molecular formula is C8H10ClNS. The summed E-state index contributed by atoms with van der Waals surface area (Å²) in [6.07, 6.45) is 3.98. The molecule has 0 aliphatic carbocycles. The maximum Gasteiger partial charge on any atom is 0.116 e. The van der Waals surface area contributed by atoms with Gasteiger partial charge in [0.05, 0.1) is 11.6 Å². The van der Waals surface area contributed by atoms with Crippen LogP contribution in [0.4, 0.5) is 0 Å². The van der Waals surface area contributed by atoms with Crippen LogP contribution in [0.15, 0.2) is 6.08 Å². The third kappa shape index (κ3) is 2.04. The van der Waals surface area contributed by atoms with Crippen molar-refractivity contribution in [3.8, 4) is 0 Å². The number of aromatic nitrogens is 1. The minimum Gasteiger partial charge on any atom is -0.242 e. The fraction of sp³-hybridized carbons (Fsp3) is 0.375. The van der Waals surface area contributed by atoms with Gasteiger partial charge < -0.3 is 0 Å². The molecule has 0 atom stereocenters. The second kappa shape index (κ2) is 3.88. The van der Waals surface area contributed by atoms with Gasteiger partial charge >= 0.3 is 0 Å². The van der Waals surface area contributed by atoms with Crippen LogP contribution in [0.2, 0.25) is 0 Å². The van der Waals surface area contributed by atoms with E-state index in [-0.39, 0.29) is 0 Å². The summed E-state index contributed by atoms with van der Waals surface area (Å²) in [5.41, 5.74) is 1.05. The summed E-state index contributed by atoms with van der Waals surface area (Å²) in [4.78, 5) is 5.48. The Morgan fingerprint density at radius 1 is 1.64 bits per heavy atom. The van der Waals surface area contributed by atoms with Crippen LogP contribution in [0.5, 0.6) is 0 Å². The number of allylic oxidation sites excluding steroid dienone is 1. The second-order valence-electron chi connectivity index (χ2n) is 2.19. The predicted octanol–water partition coefficient (Wildman–Crippen LogP) is 3.22. The average Bonchev–Trinajstić information content (AvgIpc) is 2.32. The first-order valence-corrected chi connectivity index (χ1v) is 4.78. The molecule has 0 bridgehead atoms. The maximum absolute atomic E-state index is 5.69. The fourth-order valence-electron chi connectivity index (χ4n) is 0.788. The first-order chi connectivity index (χ1) is 5.27. The normalized spacial score (nSPS) is 11.2. The first kappa shape index (κ1) is 8.75. The maximum atomic E-state index is 5.69. The summed E-state index contributed by atoms with van der Waals surface area (Å²) in [6.45, 7) is 3.97. The van der Waals surface area contributed by atoms with Gasteiger partial charge in [-0.1, -0.05) is 6.08 Å². The lowest BCUT2D eigenvalue weighted by atomic mass is 10.4. The lowest BCUT2D eigenvalue weighted by Gasteiger charge is -1.83. The van der Waals surface area contributed by atoms with Gasteiger partial charge in [-0.25, -0.2) is 4.98 Å². The SMILES string of the molecule is C/C=C/c1nc(C)c(CCl)s1. The van der Waals surface area contributed by atoms with Gasteiger partial charge in [-0.05, 0) is 19.9 Å². The molecule has 1 heterocycles. The lowest BCUT2D eigenvalue weighted by Crippen LogP contribution is -1.75. The number of halogens is 1. The zero-order chi connectivity index (χ0) is 8.27. The molecule has 11 heavy (non-hydrogen) atoms. The molecule has 0 saturated heterocycles. The standard InChI is InChI=1S/C8H10ClNS/c1-3-4-8-10-6(2)7(5-9)11-8/h3-4H,5H2,1-2H3/b4-3+. The number of nitrogens with zero attached hydrogens (tertiary/aromatic N) is 1. The fourth-order valence-corrected chi connectivity index (χ4v) is 2.03. The van der Waals surface area contributed by atoms with Gasteiger partial charge in [0.25, 0.3) is 0 Å². The van der Waals surface area contributed by atoms with Crippen molar-refractivity contribution in [2.75, 3.05) is 0 Å². The number of thiazole rings is 1. The Balaban J connectivity index is 2.95. The molecule has 0 unspecified atom stereocenters. The number of hydrogen-bond donors (Lipinski definition) is 0. The molecule has 0 aliphatic rings.